The van der Waals surface area contributed by atoms with Crippen LogP contribution in [-0.2, 0) is 0 Å². The highest BCUT2D eigenvalue weighted by atomic mass is 31.1. The molecule has 0 fully saturated rings. The van der Waals surface area contributed by atoms with Crippen molar-refractivity contribution in [2.24, 2.45) is 0 Å². The Morgan fingerprint density at radius 3 is 1.00 bits per heavy atom. The molecule has 0 aliphatic carbocycles. The second kappa shape index (κ2) is 84.0. The smallest absolute Gasteiger partial charge is 0.0475 e. The number of hydrogen-bond acceptors (Lipinski definition) is 0. The number of hydrogen-bond donors (Lipinski definition) is 0. The highest BCUT2D eigenvalue weighted by molar-refractivity contribution is 7.35. The fraction of sp³-hybridized carbons (Fsp3) is 1.00. The summed E-state index contributed by atoms with van der Waals surface area (Å²) in [7, 11) is 3.50. The van der Waals surface area contributed by atoms with Crippen molar-refractivity contribution in [2.75, 3.05) is 20.0 Å². The van der Waals surface area contributed by atoms with Crippen molar-refractivity contribution in [1.82, 2.24) is 0 Å². The molecule has 0 amide bonds. The Morgan fingerprint density at radius 2 is 1.00 bits per heavy atom. The van der Waals surface area contributed by atoms with Gasteiger partial charge >= 0.3 is 0 Å². The molecule has 2 atom stereocenters. The molecule has 0 aliphatic rings. The van der Waals surface area contributed by atoms with E-state index in [4.69, 9.17) is 0 Å². The summed E-state index contributed by atoms with van der Waals surface area (Å²) in [5.74, 6) is 0. The third kappa shape index (κ3) is 173. The molecule has 3 heteroatoms. The van der Waals surface area contributed by atoms with Crippen LogP contribution in [0.5, 0.6) is 0 Å². The third-order valence-corrected chi connectivity index (χ3v) is 0. The molecule has 8 heavy (non-hydrogen) atoms. The lowest BCUT2D eigenvalue weighted by molar-refractivity contribution is 1.50. The van der Waals surface area contributed by atoms with E-state index in [1.807, 2.05) is 20.5 Å². The standard InChI is InChI=1S/C2H7P.C2H6.CH5P.H3P/c1-3-2;2*1-2;/h3H,1-2H3;1-2H3;2H2,1H3;1H3. The van der Waals surface area contributed by atoms with Gasteiger partial charge in [0.15, 0.2) is 0 Å². The SMILES string of the molecule is CC.CP.CPC.P. The zero-order chi connectivity index (χ0) is 6.71. The monoisotopic (exact) mass is 174 g/mol. The van der Waals surface area contributed by atoms with Crippen LogP contribution < -0.4 is 0 Å². The van der Waals surface area contributed by atoms with Gasteiger partial charge in [-0.15, -0.1) is 17.8 Å². The molecule has 0 rings (SSSR count). The van der Waals surface area contributed by atoms with Crippen LogP contribution in [0.1, 0.15) is 13.8 Å². The number of rotatable bonds is 0. The van der Waals surface area contributed by atoms with E-state index in [1.165, 1.54) is 0 Å². The summed E-state index contributed by atoms with van der Waals surface area (Å²) in [5, 5.41) is 0. The first-order valence-corrected chi connectivity index (χ1v) is 5.73. The highest BCUT2D eigenvalue weighted by Gasteiger charge is 1.33. The van der Waals surface area contributed by atoms with Crippen LogP contribution in [0.2, 0.25) is 0 Å². The van der Waals surface area contributed by atoms with Gasteiger partial charge in [0.05, 0.1) is 0 Å². The van der Waals surface area contributed by atoms with E-state index in [1.54, 1.807) is 0 Å². The summed E-state index contributed by atoms with van der Waals surface area (Å²) in [4.78, 5) is 0. The lowest BCUT2D eigenvalue weighted by Gasteiger charge is -1.50. The van der Waals surface area contributed by atoms with Crippen LogP contribution in [0.4, 0.5) is 0 Å². The molecule has 0 aromatic carbocycles. The Morgan fingerprint density at radius 1 is 1.00 bits per heavy atom. The Labute approximate surface area is 62.2 Å². The van der Waals surface area contributed by atoms with Crippen LogP contribution in [0.15, 0.2) is 0 Å². The zero-order valence-electron chi connectivity index (χ0n) is 6.78. The minimum absolute atomic E-state index is 0. The topological polar surface area (TPSA) is 0 Å². The minimum Gasteiger partial charge on any atom is -0.153 e. The van der Waals surface area contributed by atoms with Gasteiger partial charge in [0.1, 0.15) is 0 Å². The Balaban J connectivity index is -0.0000000147. The molecular formula is C5H21P3. The van der Waals surface area contributed by atoms with Crippen LogP contribution >= 0.6 is 27.7 Å². The molecule has 56 valence electrons. The van der Waals surface area contributed by atoms with Crippen LogP contribution in [-0.4, -0.2) is 20.0 Å². The summed E-state index contributed by atoms with van der Waals surface area (Å²) in [5.41, 5.74) is 0. The van der Waals surface area contributed by atoms with Crippen LogP contribution in [0.25, 0.3) is 0 Å². The van der Waals surface area contributed by atoms with Crippen LogP contribution in [0, 0.1) is 0 Å². The van der Waals surface area contributed by atoms with E-state index in [-0.39, 0.29) is 9.90 Å². The molecule has 0 nitrogen and oxygen atoms in total. The molecule has 0 aromatic heterocycles. The average molecular weight is 174 g/mol. The summed E-state index contributed by atoms with van der Waals surface area (Å²) >= 11 is 0. The molecular weight excluding hydrogens is 153 g/mol. The van der Waals surface area contributed by atoms with Crippen molar-refractivity contribution < 1.29 is 0 Å². The van der Waals surface area contributed by atoms with E-state index in [0.29, 0.717) is 0 Å². The predicted octanol–water partition coefficient (Wildman–Crippen LogP) is 2.50. The molecule has 0 aromatic rings. The summed E-state index contributed by atoms with van der Waals surface area (Å²) < 4.78 is 0. The van der Waals surface area contributed by atoms with Crippen molar-refractivity contribution in [1.29, 1.82) is 0 Å². The fourth-order valence-electron chi connectivity index (χ4n) is 0. The first-order valence-electron chi connectivity index (χ1n) is 2.58. The quantitative estimate of drug-likeness (QED) is 0.495. The van der Waals surface area contributed by atoms with Gasteiger partial charge in [-0.25, -0.2) is 0 Å². The molecule has 0 aliphatic heterocycles. The molecule has 0 bridgehead atoms. The van der Waals surface area contributed by atoms with Crippen molar-refractivity contribution in [3.63, 3.8) is 0 Å². The summed E-state index contributed by atoms with van der Waals surface area (Å²) in [6.45, 7) is 10.2. The van der Waals surface area contributed by atoms with E-state index in [0.717, 1.165) is 8.58 Å². The fourth-order valence-corrected chi connectivity index (χ4v) is 0. The Bertz CT molecular complexity index is 7.64. The molecule has 2 unspecified atom stereocenters. The van der Waals surface area contributed by atoms with Crippen molar-refractivity contribution in [3.05, 3.63) is 0 Å². The van der Waals surface area contributed by atoms with Gasteiger partial charge in [0.2, 0.25) is 0 Å². The molecule has 0 N–H and O–H groups in total. The van der Waals surface area contributed by atoms with Crippen molar-refractivity contribution in [2.45, 2.75) is 13.8 Å². The second-order valence-electron chi connectivity index (χ2n) is 0.500. The Kier molecular flexibility index (Phi) is 240. The maximum atomic E-state index is 2.42. The lowest BCUT2D eigenvalue weighted by atomic mass is 11.0. The predicted molar refractivity (Wildman–Crippen MR) is 58.3 cm³/mol. The van der Waals surface area contributed by atoms with Gasteiger partial charge in [-0.2, -0.15) is 9.90 Å². The molecule has 0 spiro atoms. The van der Waals surface area contributed by atoms with E-state index in [2.05, 4.69) is 22.6 Å². The largest absolute Gasteiger partial charge is 0.153 e. The highest BCUT2D eigenvalue weighted by Crippen LogP contribution is 1.84. The summed E-state index contributed by atoms with van der Waals surface area (Å²) in [6, 6.07) is 0. The van der Waals surface area contributed by atoms with Crippen LogP contribution in [0.3, 0.4) is 0 Å². The van der Waals surface area contributed by atoms with Gasteiger partial charge in [-0.3, -0.25) is 0 Å². The third-order valence-electron chi connectivity index (χ3n) is 0. The van der Waals surface area contributed by atoms with E-state index < -0.39 is 0 Å². The summed E-state index contributed by atoms with van der Waals surface area (Å²) in [6.07, 6.45) is 0. The van der Waals surface area contributed by atoms with Gasteiger partial charge in [-0.05, 0) is 13.3 Å². The maximum absolute atomic E-state index is 2.42. The van der Waals surface area contributed by atoms with E-state index >= 15 is 0 Å². The average Bonchev–Trinajstić information content (AvgIpc) is 1.78. The first-order chi connectivity index (χ1) is 3.41. The second-order valence-corrected chi connectivity index (χ2v) is 1.50. The van der Waals surface area contributed by atoms with Gasteiger partial charge in [0.25, 0.3) is 0 Å². The zero-order valence-corrected chi connectivity index (χ0v) is 10.4. The van der Waals surface area contributed by atoms with Gasteiger partial charge in [-0.1, -0.05) is 20.5 Å². The lowest BCUT2D eigenvalue weighted by Crippen LogP contribution is -1.18. The molecule has 0 radical (unpaired) electrons. The first kappa shape index (κ1) is 22.8. The normalized spacial score (nSPS) is 3.75. The van der Waals surface area contributed by atoms with E-state index in [9.17, 15) is 0 Å². The molecule has 0 heterocycles. The van der Waals surface area contributed by atoms with Crippen molar-refractivity contribution in [3.8, 4) is 0 Å². The Hall–Kier alpha value is 1.29. The molecule has 0 saturated heterocycles. The minimum atomic E-state index is 0. The van der Waals surface area contributed by atoms with Gasteiger partial charge in [0, 0.05) is 0 Å². The maximum Gasteiger partial charge on any atom is -0.0475 e. The molecule has 0 saturated carbocycles. The van der Waals surface area contributed by atoms with Gasteiger partial charge < -0.3 is 0 Å². The van der Waals surface area contributed by atoms with Crippen molar-refractivity contribution >= 4 is 27.7 Å².